The highest BCUT2D eigenvalue weighted by atomic mass is 79.9. The molecule has 0 unspecified atom stereocenters. The lowest BCUT2D eigenvalue weighted by molar-refractivity contribution is 0.0691. The Morgan fingerprint density at radius 3 is 2.33 bits per heavy atom. The van der Waals surface area contributed by atoms with E-state index >= 15 is 0 Å². The summed E-state index contributed by atoms with van der Waals surface area (Å²) in [5, 5.41) is 4.47. The molecule has 3 aromatic rings. The van der Waals surface area contributed by atoms with Crippen LogP contribution in [0.4, 0.5) is 0 Å². The number of hydrogen-bond donors (Lipinski definition) is 0. The monoisotopic (exact) mass is 488 g/mol. The second-order valence-corrected chi connectivity index (χ2v) is 9.93. The molecule has 0 spiro atoms. The molecule has 0 aliphatic carbocycles. The van der Waals surface area contributed by atoms with E-state index in [-0.39, 0.29) is 23.9 Å². The first-order valence-electron chi connectivity index (χ1n) is 9.53. The third kappa shape index (κ3) is 4.05. The van der Waals surface area contributed by atoms with Crippen LogP contribution in [0.15, 0.2) is 70.0 Å². The number of benzene rings is 2. The van der Waals surface area contributed by atoms with Crippen LogP contribution in [0, 0.1) is 6.92 Å². The largest absolute Gasteiger partial charge is 0.335 e. The van der Waals surface area contributed by atoms with Gasteiger partial charge in [-0.2, -0.15) is 9.40 Å². The van der Waals surface area contributed by atoms with Crippen molar-refractivity contribution >= 4 is 31.9 Å². The number of aromatic nitrogens is 2. The van der Waals surface area contributed by atoms with Crippen LogP contribution >= 0.6 is 15.9 Å². The quantitative estimate of drug-likeness (QED) is 0.565. The lowest BCUT2D eigenvalue weighted by Gasteiger charge is -2.33. The molecule has 1 fully saturated rings. The van der Waals surface area contributed by atoms with Crippen LogP contribution in [0.2, 0.25) is 0 Å². The highest BCUT2D eigenvalue weighted by molar-refractivity contribution is 9.10. The molecule has 1 saturated heterocycles. The second kappa shape index (κ2) is 8.33. The van der Waals surface area contributed by atoms with Crippen molar-refractivity contribution in [2.75, 3.05) is 26.2 Å². The number of aryl methyl sites for hydroxylation is 1. The summed E-state index contributed by atoms with van der Waals surface area (Å²) >= 11 is 3.31. The van der Waals surface area contributed by atoms with E-state index in [4.69, 9.17) is 0 Å². The molecule has 9 heteroatoms. The molecule has 2 aromatic carbocycles. The van der Waals surface area contributed by atoms with Crippen molar-refractivity contribution in [2.45, 2.75) is 11.8 Å². The molecule has 1 aliphatic heterocycles. The summed E-state index contributed by atoms with van der Waals surface area (Å²) in [6.07, 6.45) is 0. The summed E-state index contributed by atoms with van der Waals surface area (Å²) in [5.74, 6) is -0.188. The van der Waals surface area contributed by atoms with E-state index in [1.807, 2.05) is 37.3 Å². The lowest BCUT2D eigenvalue weighted by Crippen LogP contribution is -2.50. The van der Waals surface area contributed by atoms with E-state index < -0.39 is 10.0 Å². The summed E-state index contributed by atoms with van der Waals surface area (Å²) < 4.78 is 29.6. The zero-order valence-electron chi connectivity index (χ0n) is 16.4. The first-order chi connectivity index (χ1) is 14.4. The molecule has 0 bridgehead atoms. The van der Waals surface area contributed by atoms with E-state index in [1.165, 1.54) is 4.31 Å². The van der Waals surface area contributed by atoms with Crippen molar-refractivity contribution in [2.24, 2.45) is 0 Å². The van der Waals surface area contributed by atoms with Gasteiger partial charge >= 0.3 is 0 Å². The summed E-state index contributed by atoms with van der Waals surface area (Å²) in [7, 11) is -3.59. The zero-order chi connectivity index (χ0) is 21.3. The van der Waals surface area contributed by atoms with Crippen molar-refractivity contribution in [3.8, 4) is 5.69 Å². The van der Waals surface area contributed by atoms with Gasteiger partial charge in [-0.15, -0.1) is 0 Å². The van der Waals surface area contributed by atoms with Gasteiger partial charge in [0.15, 0.2) is 5.69 Å². The van der Waals surface area contributed by atoms with Gasteiger partial charge in [0, 0.05) is 36.3 Å². The Hall–Kier alpha value is -2.49. The third-order valence-corrected chi connectivity index (χ3v) is 7.45. The summed E-state index contributed by atoms with van der Waals surface area (Å²) in [6, 6.07) is 18.0. The van der Waals surface area contributed by atoms with Crippen molar-refractivity contribution < 1.29 is 13.2 Å². The maximum Gasteiger partial charge on any atom is 0.274 e. The Balaban J connectivity index is 1.46. The average molecular weight is 489 g/mol. The first kappa shape index (κ1) is 20.8. The summed E-state index contributed by atoms with van der Waals surface area (Å²) in [6.45, 7) is 3.05. The highest BCUT2D eigenvalue weighted by Crippen LogP contribution is 2.22. The number of piperazine rings is 1. The predicted molar refractivity (Wildman–Crippen MR) is 117 cm³/mol. The molecule has 30 heavy (non-hydrogen) atoms. The SMILES string of the molecule is Cc1cc(C(=O)N2CCN(S(=O)(=O)c3cccc(Br)c3)CC2)nn1-c1ccccc1. The molecule has 0 atom stereocenters. The smallest absolute Gasteiger partial charge is 0.274 e. The fourth-order valence-electron chi connectivity index (χ4n) is 3.48. The maximum absolute atomic E-state index is 12.9. The minimum atomic E-state index is -3.59. The molecule has 7 nitrogen and oxygen atoms in total. The van der Waals surface area contributed by atoms with Crippen LogP contribution in [0.5, 0.6) is 0 Å². The Bertz CT molecular complexity index is 1170. The number of amides is 1. The highest BCUT2D eigenvalue weighted by Gasteiger charge is 2.31. The Morgan fingerprint density at radius 1 is 0.967 bits per heavy atom. The summed E-state index contributed by atoms with van der Waals surface area (Å²) in [4.78, 5) is 14.8. The van der Waals surface area contributed by atoms with Gasteiger partial charge in [-0.05, 0) is 43.3 Å². The molecule has 1 amide bonds. The topological polar surface area (TPSA) is 75.5 Å². The van der Waals surface area contributed by atoms with E-state index in [0.717, 1.165) is 11.4 Å². The van der Waals surface area contributed by atoms with Gasteiger partial charge in [-0.25, -0.2) is 13.1 Å². The molecule has 156 valence electrons. The molecule has 0 radical (unpaired) electrons. The van der Waals surface area contributed by atoms with Crippen LogP contribution in [0.1, 0.15) is 16.2 Å². The number of nitrogens with zero attached hydrogens (tertiary/aromatic N) is 4. The number of hydrogen-bond acceptors (Lipinski definition) is 4. The van der Waals surface area contributed by atoms with E-state index in [1.54, 1.807) is 39.9 Å². The number of halogens is 1. The zero-order valence-corrected chi connectivity index (χ0v) is 18.8. The minimum Gasteiger partial charge on any atom is -0.335 e. The van der Waals surface area contributed by atoms with Gasteiger partial charge in [0.25, 0.3) is 5.91 Å². The van der Waals surface area contributed by atoms with Crippen molar-refractivity contribution in [1.82, 2.24) is 19.0 Å². The second-order valence-electron chi connectivity index (χ2n) is 7.07. The number of rotatable bonds is 4. The first-order valence-corrected chi connectivity index (χ1v) is 11.8. The third-order valence-electron chi connectivity index (χ3n) is 5.07. The standard InChI is InChI=1S/C21H21BrN4O3S/c1-16-14-20(23-26(16)18-7-3-2-4-8-18)21(27)24-10-12-25(13-11-24)30(28,29)19-9-5-6-17(22)15-19/h2-9,14-15H,10-13H2,1H3. The maximum atomic E-state index is 12.9. The van der Waals surface area contributed by atoms with Crippen molar-refractivity contribution in [3.05, 3.63) is 76.5 Å². The van der Waals surface area contributed by atoms with Gasteiger partial charge < -0.3 is 4.90 Å². The van der Waals surface area contributed by atoms with E-state index in [0.29, 0.717) is 23.3 Å². The fraction of sp³-hybridized carbons (Fsp3) is 0.238. The Kier molecular flexibility index (Phi) is 5.77. The van der Waals surface area contributed by atoms with Crippen LogP contribution in [-0.4, -0.2) is 59.5 Å². The summed E-state index contributed by atoms with van der Waals surface area (Å²) in [5.41, 5.74) is 2.11. The van der Waals surface area contributed by atoms with Gasteiger partial charge in [-0.1, -0.05) is 40.2 Å². The van der Waals surface area contributed by atoms with Gasteiger partial charge in [0.2, 0.25) is 10.0 Å². The molecule has 0 N–H and O–H groups in total. The molecule has 1 aromatic heterocycles. The molecule has 4 rings (SSSR count). The fourth-order valence-corrected chi connectivity index (χ4v) is 5.50. The van der Waals surface area contributed by atoms with Crippen LogP contribution in [0.3, 0.4) is 0 Å². The normalized spacial score (nSPS) is 15.3. The molecular weight excluding hydrogens is 468 g/mol. The van der Waals surface area contributed by atoms with Crippen LogP contribution < -0.4 is 0 Å². The van der Waals surface area contributed by atoms with Crippen molar-refractivity contribution in [1.29, 1.82) is 0 Å². The Labute approximate surface area is 184 Å². The van der Waals surface area contributed by atoms with Gasteiger partial charge in [-0.3, -0.25) is 4.79 Å². The lowest BCUT2D eigenvalue weighted by atomic mass is 10.3. The van der Waals surface area contributed by atoms with E-state index in [2.05, 4.69) is 21.0 Å². The Morgan fingerprint density at radius 2 is 1.67 bits per heavy atom. The molecule has 2 heterocycles. The van der Waals surface area contributed by atoms with Crippen molar-refractivity contribution in [3.63, 3.8) is 0 Å². The molecule has 1 aliphatic rings. The molecule has 0 saturated carbocycles. The van der Waals surface area contributed by atoms with Gasteiger partial charge in [0.1, 0.15) is 0 Å². The minimum absolute atomic E-state index is 0.188. The van der Waals surface area contributed by atoms with Gasteiger partial charge in [0.05, 0.1) is 10.6 Å². The van der Waals surface area contributed by atoms with Crippen LogP contribution in [-0.2, 0) is 10.0 Å². The predicted octanol–water partition coefficient (Wildman–Crippen LogP) is 3.09. The number of carbonyl (C=O) groups is 1. The number of carbonyl (C=O) groups excluding carboxylic acids is 1. The van der Waals surface area contributed by atoms with Crippen LogP contribution in [0.25, 0.3) is 5.69 Å². The number of sulfonamides is 1. The average Bonchev–Trinajstić information content (AvgIpc) is 3.15. The van der Waals surface area contributed by atoms with E-state index in [9.17, 15) is 13.2 Å². The molecular formula is C21H21BrN4O3S. The number of para-hydroxylation sites is 1.